The zero-order valence-corrected chi connectivity index (χ0v) is 11.8. The van der Waals surface area contributed by atoms with Crippen molar-refractivity contribution in [2.24, 2.45) is 0 Å². The summed E-state index contributed by atoms with van der Waals surface area (Å²) in [6.45, 7) is 8.24. The molecule has 18 heavy (non-hydrogen) atoms. The smallest absolute Gasteiger partial charge is 0.317 e. The van der Waals surface area contributed by atoms with Gasteiger partial charge < -0.3 is 15.0 Å². The number of nitrogens with one attached hydrogen (secondary N) is 1. The zero-order chi connectivity index (χ0) is 13.2. The second kappa shape index (κ2) is 9.16. The van der Waals surface area contributed by atoms with E-state index in [0.29, 0.717) is 0 Å². The topological polar surface area (TPSA) is 44.8 Å². The number of ether oxygens (including phenoxy) is 1. The van der Waals surface area contributed by atoms with Crippen molar-refractivity contribution in [2.75, 3.05) is 53.0 Å². The summed E-state index contributed by atoms with van der Waals surface area (Å²) in [6, 6.07) is 0.0411. The Morgan fingerprint density at radius 1 is 1.33 bits per heavy atom. The van der Waals surface area contributed by atoms with Gasteiger partial charge in [0.05, 0.1) is 13.2 Å². The first-order valence-corrected chi connectivity index (χ1v) is 7.03. The molecule has 1 aliphatic heterocycles. The Hall–Kier alpha value is -0.810. The van der Waals surface area contributed by atoms with Gasteiger partial charge in [0.15, 0.2) is 0 Å². The summed E-state index contributed by atoms with van der Waals surface area (Å²) in [5.74, 6) is 0. The lowest BCUT2D eigenvalue weighted by Crippen LogP contribution is -2.44. The molecule has 0 bridgehead atoms. The summed E-state index contributed by atoms with van der Waals surface area (Å²) in [5, 5.41) is 2.95. The maximum Gasteiger partial charge on any atom is 0.317 e. The Bertz CT molecular complexity index is 230. The number of urea groups is 1. The van der Waals surface area contributed by atoms with Gasteiger partial charge in [-0.15, -0.1) is 0 Å². The van der Waals surface area contributed by atoms with Crippen molar-refractivity contribution in [1.29, 1.82) is 0 Å². The van der Waals surface area contributed by atoms with Crippen molar-refractivity contribution < 1.29 is 9.53 Å². The molecule has 1 saturated heterocycles. The Balaban J connectivity index is 2.07. The normalized spacial score (nSPS) is 16.6. The molecular formula is C13H27N3O2. The Morgan fingerprint density at radius 3 is 2.72 bits per heavy atom. The number of morpholine rings is 1. The van der Waals surface area contributed by atoms with Gasteiger partial charge >= 0.3 is 6.03 Å². The van der Waals surface area contributed by atoms with E-state index in [9.17, 15) is 4.79 Å². The predicted molar refractivity (Wildman–Crippen MR) is 72.8 cm³/mol. The van der Waals surface area contributed by atoms with Crippen molar-refractivity contribution in [2.45, 2.75) is 26.2 Å². The lowest BCUT2D eigenvalue weighted by molar-refractivity contribution is 0.0357. The average molecular weight is 257 g/mol. The molecule has 1 N–H and O–H groups in total. The van der Waals surface area contributed by atoms with E-state index in [1.165, 1.54) is 12.8 Å². The molecule has 1 rings (SSSR count). The molecule has 1 heterocycles. The number of nitrogens with zero attached hydrogens (tertiary/aromatic N) is 2. The van der Waals surface area contributed by atoms with Crippen molar-refractivity contribution in [3.05, 3.63) is 0 Å². The molecule has 106 valence electrons. The van der Waals surface area contributed by atoms with Gasteiger partial charge in [0.25, 0.3) is 0 Å². The van der Waals surface area contributed by atoms with Gasteiger partial charge in [-0.25, -0.2) is 4.79 Å². The molecule has 0 aromatic rings. The zero-order valence-electron chi connectivity index (χ0n) is 11.8. The maximum atomic E-state index is 11.8. The van der Waals surface area contributed by atoms with Gasteiger partial charge in [-0.3, -0.25) is 4.90 Å². The minimum atomic E-state index is 0.0411. The minimum Gasteiger partial charge on any atom is -0.379 e. The Labute approximate surface area is 110 Å². The van der Waals surface area contributed by atoms with Crippen molar-refractivity contribution in [1.82, 2.24) is 15.1 Å². The third kappa shape index (κ3) is 6.21. The number of carbonyl (C=O) groups excluding carboxylic acids is 1. The van der Waals surface area contributed by atoms with Crippen LogP contribution in [0.2, 0.25) is 0 Å². The first-order valence-electron chi connectivity index (χ1n) is 7.03. The maximum absolute atomic E-state index is 11.8. The van der Waals surface area contributed by atoms with Crippen LogP contribution in [0.4, 0.5) is 4.79 Å². The number of likely N-dealkylation sites (N-methyl/N-ethyl adjacent to an activating group) is 1. The summed E-state index contributed by atoms with van der Waals surface area (Å²) in [4.78, 5) is 15.9. The average Bonchev–Trinajstić information content (AvgIpc) is 2.42. The van der Waals surface area contributed by atoms with Crippen LogP contribution in [-0.2, 0) is 4.74 Å². The molecule has 5 nitrogen and oxygen atoms in total. The Morgan fingerprint density at radius 2 is 2.06 bits per heavy atom. The predicted octanol–water partition coefficient (Wildman–Crippen LogP) is 1.15. The van der Waals surface area contributed by atoms with Gasteiger partial charge in [0.2, 0.25) is 0 Å². The number of rotatable bonds is 7. The summed E-state index contributed by atoms with van der Waals surface area (Å²) in [6.07, 6.45) is 3.43. The van der Waals surface area contributed by atoms with Crippen molar-refractivity contribution in [3.63, 3.8) is 0 Å². The minimum absolute atomic E-state index is 0.0411. The van der Waals surface area contributed by atoms with Gasteiger partial charge in [-0.05, 0) is 6.42 Å². The van der Waals surface area contributed by atoms with E-state index in [1.807, 2.05) is 7.05 Å². The molecule has 0 aliphatic carbocycles. The fourth-order valence-electron chi connectivity index (χ4n) is 1.92. The number of unbranched alkanes of at least 4 members (excludes halogenated alkanes) is 2. The second-order valence-corrected chi connectivity index (χ2v) is 4.81. The van der Waals surface area contributed by atoms with Crippen LogP contribution in [0.1, 0.15) is 26.2 Å². The van der Waals surface area contributed by atoms with Gasteiger partial charge in [0, 0.05) is 39.8 Å². The third-order valence-electron chi connectivity index (χ3n) is 3.26. The lowest BCUT2D eigenvalue weighted by atomic mass is 10.2. The first kappa shape index (κ1) is 15.2. The molecule has 0 atom stereocenters. The number of amides is 2. The van der Waals surface area contributed by atoms with E-state index >= 15 is 0 Å². The molecule has 1 fully saturated rings. The number of hydrogen-bond acceptors (Lipinski definition) is 3. The van der Waals surface area contributed by atoms with Crippen LogP contribution < -0.4 is 5.32 Å². The molecule has 2 amide bonds. The molecule has 0 saturated carbocycles. The number of carbonyl (C=O) groups is 1. The van der Waals surface area contributed by atoms with Gasteiger partial charge in [0.1, 0.15) is 0 Å². The largest absolute Gasteiger partial charge is 0.379 e. The van der Waals surface area contributed by atoms with Crippen LogP contribution in [-0.4, -0.2) is 68.8 Å². The van der Waals surface area contributed by atoms with Gasteiger partial charge in [-0.2, -0.15) is 0 Å². The summed E-state index contributed by atoms with van der Waals surface area (Å²) >= 11 is 0. The molecule has 0 unspecified atom stereocenters. The van der Waals surface area contributed by atoms with Gasteiger partial charge in [-0.1, -0.05) is 19.8 Å². The van der Waals surface area contributed by atoms with Crippen LogP contribution in [0.3, 0.4) is 0 Å². The second-order valence-electron chi connectivity index (χ2n) is 4.81. The van der Waals surface area contributed by atoms with Crippen LogP contribution in [0.15, 0.2) is 0 Å². The monoisotopic (exact) mass is 257 g/mol. The van der Waals surface area contributed by atoms with E-state index in [0.717, 1.165) is 52.4 Å². The molecule has 0 aromatic heterocycles. The summed E-state index contributed by atoms with van der Waals surface area (Å²) in [7, 11) is 1.86. The molecule has 0 radical (unpaired) electrons. The summed E-state index contributed by atoms with van der Waals surface area (Å²) < 4.78 is 5.30. The molecular weight excluding hydrogens is 230 g/mol. The van der Waals surface area contributed by atoms with Crippen LogP contribution in [0, 0.1) is 0 Å². The standard InChI is InChI=1S/C13H27N3O2/c1-3-4-5-6-14-13(17)15(2)7-8-16-9-11-18-12-10-16/h3-12H2,1-2H3,(H,14,17). The van der Waals surface area contributed by atoms with E-state index in [1.54, 1.807) is 4.90 Å². The number of hydrogen-bond donors (Lipinski definition) is 1. The van der Waals surface area contributed by atoms with Crippen molar-refractivity contribution >= 4 is 6.03 Å². The van der Waals surface area contributed by atoms with Crippen LogP contribution >= 0.6 is 0 Å². The molecule has 1 aliphatic rings. The highest BCUT2D eigenvalue weighted by molar-refractivity contribution is 5.73. The molecule has 0 spiro atoms. The molecule has 0 aromatic carbocycles. The highest BCUT2D eigenvalue weighted by Gasteiger charge is 2.12. The van der Waals surface area contributed by atoms with Crippen molar-refractivity contribution in [3.8, 4) is 0 Å². The van der Waals surface area contributed by atoms with Crippen LogP contribution in [0.25, 0.3) is 0 Å². The van der Waals surface area contributed by atoms with E-state index in [-0.39, 0.29) is 6.03 Å². The quantitative estimate of drug-likeness (QED) is 0.696. The van der Waals surface area contributed by atoms with E-state index in [2.05, 4.69) is 17.1 Å². The lowest BCUT2D eigenvalue weighted by Gasteiger charge is -2.28. The SMILES string of the molecule is CCCCCNC(=O)N(C)CCN1CCOCC1. The Kier molecular flexibility index (Phi) is 7.76. The van der Waals surface area contributed by atoms with E-state index in [4.69, 9.17) is 4.74 Å². The summed E-state index contributed by atoms with van der Waals surface area (Å²) in [5.41, 5.74) is 0. The van der Waals surface area contributed by atoms with E-state index < -0.39 is 0 Å². The fourth-order valence-corrected chi connectivity index (χ4v) is 1.92. The fraction of sp³-hybridized carbons (Fsp3) is 0.923. The van der Waals surface area contributed by atoms with Crippen LogP contribution in [0.5, 0.6) is 0 Å². The molecule has 5 heteroatoms. The highest BCUT2D eigenvalue weighted by atomic mass is 16.5. The highest BCUT2D eigenvalue weighted by Crippen LogP contribution is 1.97. The first-order chi connectivity index (χ1) is 8.74. The third-order valence-corrected chi connectivity index (χ3v) is 3.26.